The van der Waals surface area contributed by atoms with Crippen LogP contribution in [0.15, 0.2) is 17.5 Å². The normalized spacial score (nSPS) is 11.4. The number of ether oxygens (including phenoxy) is 1. The summed E-state index contributed by atoms with van der Waals surface area (Å²) in [6.45, 7) is 1.90. The van der Waals surface area contributed by atoms with Crippen molar-refractivity contribution < 1.29 is 14.7 Å². The molecule has 0 aliphatic carbocycles. The Morgan fingerprint density at radius 1 is 1.79 bits per heavy atom. The van der Waals surface area contributed by atoms with Crippen LogP contribution >= 0.6 is 0 Å². The van der Waals surface area contributed by atoms with Crippen LogP contribution in [0.25, 0.3) is 0 Å². The number of nitrogens with zero attached hydrogens (tertiary/aromatic N) is 3. The fraction of sp³-hybridized carbons (Fsp3) is 0.375. The first-order chi connectivity index (χ1) is 6.70. The molecule has 1 heterocycles. The van der Waals surface area contributed by atoms with Gasteiger partial charge in [-0.05, 0) is 6.92 Å². The van der Waals surface area contributed by atoms with Crippen molar-refractivity contribution in [1.82, 2.24) is 9.55 Å². The molecule has 0 atom stereocenters. The Balaban J connectivity index is 2.95. The van der Waals surface area contributed by atoms with E-state index in [2.05, 4.69) is 10.1 Å². The first kappa shape index (κ1) is 10.2. The number of esters is 1. The maximum absolute atomic E-state index is 11.3. The van der Waals surface area contributed by atoms with Crippen molar-refractivity contribution in [2.75, 3.05) is 6.61 Å². The predicted molar refractivity (Wildman–Crippen MR) is 48.2 cm³/mol. The van der Waals surface area contributed by atoms with Gasteiger partial charge in [-0.15, -0.1) is 0 Å². The Bertz CT molecular complexity index is 356. The van der Waals surface area contributed by atoms with Gasteiger partial charge in [0.25, 0.3) is 0 Å². The third-order valence-corrected chi connectivity index (χ3v) is 1.60. The molecule has 0 aliphatic heterocycles. The lowest BCUT2D eigenvalue weighted by atomic mass is 10.3. The van der Waals surface area contributed by atoms with E-state index in [0.717, 1.165) is 0 Å². The zero-order chi connectivity index (χ0) is 10.6. The summed E-state index contributed by atoms with van der Waals surface area (Å²) in [6, 6.07) is 0. The Morgan fingerprint density at radius 3 is 2.93 bits per heavy atom. The van der Waals surface area contributed by atoms with E-state index in [-0.39, 0.29) is 18.1 Å². The molecule has 0 spiro atoms. The quantitative estimate of drug-likeness (QED) is 0.324. The standard InChI is InChI=1S/C8H11N3O3/c1-3-14-8(12)6(10-13)7-9-4-5-11(7)2/h4-5,13H,3H2,1-2H3/b10-6-. The van der Waals surface area contributed by atoms with Gasteiger partial charge in [-0.3, -0.25) is 0 Å². The van der Waals surface area contributed by atoms with Crippen molar-refractivity contribution in [2.24, 2.45) is 12.2 Å². The van der Waals surface area contributed by atoms with Gasteiger partial charge in [0.2, 0.25) is 5.71 Å². The molecular formula is C8H11N3O3. The number of imidazole rings is 1. The van der Waals surface area contributed by atoms with Gasteiger partial charge in [0.05, 0.1) is 6.61 Å². The van der Waals surface area contributed by atoms with E-state index in [1.165, 1.54) is 6.20 Å². The molecule has 6 heteroatoms. The second kappa shape index (κ2) is 4.40. The van der Waals surface area contributed by atoms with E-state index in [1.807, 2.05) is 0 Å². The summed E-state index contributed by atoms with van der Waals surface area (Å²) >= 11 is 0. The minimum Gasteiger partial charge on any atom is -0.461 e. The topological polar surface area (TPSA) is 76.7 Å². The highest BCUT2D eigenvalue weighted by atomic mass is 16.5. The van der Waals surface area contributed by atoms with Gasteiger partial charge in [-0.25, -0.2) is 9.78 Å². The lowest BCUT2D eigenvalue weighted by Gasteiger charge is -2.03. The summed E-state index contributed by atoms with van der Waals surface area (Å²) in [5, 5.41) is 11.5. The van der Waals surface area contributed by atoms with E-state index < -0.39 is 5.97 Å². The van der Waals surface area contributed by atoms with Crippen LogP contribution in [0.3, 0.4) is 0 Å². The smallest absolute Gasteiger partial charge is 0.364 e. The predicted octanol–water partition coefficient (Wildman–Crippen LogP) is 0.161. The van der Waals surface area contributed by atoms with Gasteiger partial charge in [0.1, 0.15) is 0 Å². The molecule has 6 nitrogen and oxygen atoms in total. The van der Waals surface area contributed by atoms with Gasteiger partial charge >= 0.3 is 5.97 Å². The van der Waals surface area contributed by atoms with Gasteiger partial charge in [0, 0.05) is 19.4 Å². The van der Waals surface area contributed by atoms with Crippen LogP contribution in [0.4, 0.5) is 0 Å². The molecule has 0 amide bonds. The highest BCUT2D eigenvalue weighted by Gasteiger charge is 2.19. The van der Waals surface area contributed by atoms with Crippen molar-refractivity contribution in [1.29, 1.82) is 0 Å². The molecule has 0 saturated carbocycles. The fourth-order valence-electron chi connectivity index (χ4n) is 0.970. The van der Waals surface area contributed by atoms with Crippen molar-refractivity contribution >= 4 is 11.7 Å². The van der Waals surface area contributed by atoms with Gasteiger partial charge in [-0.2, -0.15) is 0 Å². The zero-order valence-electron chi connectivity index (χ0n) is 7.97. The number of hydrogen-bond donors (Lipinski definition) is 1. The summed E-state index contributed by atoms with van der Waals surface area (Å²) in [4.78, 5) is 15.1. The van der Waals surface area contributed by atoms with Crippen LogP contribution in [0.1, 0.15) is 12.7 Å². The number of aryl methyl sites for hydroxylation is 1. The average Bonchev–Trinajstić information content (AvgIpc) is 2.54. The highest BCUT2D eigenvalue weighted by molar-refractivity contribution is 6.42. The maximum Gasteiger partial charge on any atom is 0.364 e. The van der Waals surface area contributed by atoms with Crippen LogP contribution in [-0.2, 0) is 16.6 Å². The van der Waals surface area contributed by atoms with E-state index >= 15 is 0 Å². The molecule has 76 valence electrons. The van der Waals surface area contributed by atoms with Gasteiger partial charge in [0.15, 0.2) is 5.82 Å². The van der Waals surface area contributed by atoms with Crippen molar-refractivity contribution in [2.45, 2.75) is 6.92 Å². The van der Waals surface area contributed by atoms with E-state index in [4.69, 9.17) is 9.94 Å². The zero-order valence-corrected chi connectivity index (χ0v) is 7.97. The second-order valence-corrected chi connectivity index (χ2v) is 2.53. The van der Waals surface area contributed by atoms with Crippen LogP contribution < -0.4 is 0 Å². The van der Waals surface area contributed by atoms with Crippen LogP contribution in [0.2, 0.25) is 0 Å². The third-order valence-electron chi connectivity index (χ3n) is 1.60. The summed E-state index contributed by atoms with van der Waals surface area (Å²) < 4.78 is 6.25. The second-order valence-electron chi connectivity index (χ2n) is 2.53. The monoisotopic (exact) mass is 197 g/mol. The lowest BCUT2D eigenvalue weighted by molar-refractivity contribution is -0.135. The van der Waals surface area contributed by atoms with Crippen molar-refractivity contribution in [3.8, 4) is 0 Å². The summed E-state index contributed by atoms with van der Waals surface area (Å²) in [7, 11) is 1.69. The Kier molecular flexibility index (Phi) is 3.22. The minimum atomic E-state index is -0.690. The molecule has 14 heavy (non-hydrogen) atoms. The van der Waals surface area contributed by atoms with E-state index in [0.29, 0.717) is 0 Å². The number of oxime groups is 1. The lowest BCUT2D eigenvalue weighted by Crippen LogP contribution is -2.22. The molecule has 1 N–H and O–H groups in total. The molecule has 0 saturated heterocycles. The SMILES string of the molecule is CCOC(=O)/C(=N\O)c1nccn1C. The molecule has 0 fully saturated rings. The number of rotatable bonds is 3. The number of carbonyl (C=O) groups is 1. The van der Waals surface area contributed by atoms with Crippen molar-refractivity contribution in [3.63, 3.8) is 0 Å². The molecule has 1 aromatic rings. The van der Waals surface area contributed by atoms with Gasteiger partial charge < -0.3 is 14.5 Å². The number of carbonyl (C=O) groups excluding carboxylic acids is 1. The molecule has 1 aromatic heterocycles. The van der Waals surface area contributed by atoms with Crippen LogP contribution in [-0.4, -0.2) is 33.0 Å². The summed E-state index contributed by atoms with van der Waals surface area (Å²) in [5.74, 6) is -0.421. The van der Waals surface area contributed by atoms with Gasteiger partial charge in [-0.1, -0.05) is 5.16 Å². The first-order valence-corrected chi connectivity index (χ1v) is 4.07. The molecule has 0 aliphatic rings. The fourth-order valence-corrected chi connectivity index (χ4v) is 0.970. The molecule has 0 aromatic carbocycles. The molecule has 0 radical (unpaired) electrons. The first-order valence-electron chi connectivity index (χ1n) is 4.07. The molecular weight excluding hydrogens is 186 g/mol. The molecule has 0 unspecified atom stereocenters. The van der Waals surface area contributed by atoms with E-state index in [1.54, 1.807) is 24.7 Å². The number of hydrogen-bond acceptors (Lipinski definition) is 5. The Hall–Kier alpha value is -1.85. The third kappa shape index (κ3) is 1.90. The van der Waals surface area contributed by atoms with E-state index in [9.17, 15) is 4.79 Å². The summed E-state index contributed by atoms with van der Waals surface area (Å²) in [6.07, 6.45) is 3.14. The number of aromatic nitrogens is 2. The Labute approximate surface area is 80.8 Å². The minimum absolute atomic E-state index is 0.195. The largest absolute Gasteiger partial charge is 0.461 e. The highest BCUT2D eigenvalue weighted by Crippen LogP contribution is 1.99. The van der Waals surface area contributed by atoms with Crippen molar-refractivity contribution in [3.05, 3.63) is 18.2 Å². The average molecular weight is 197 g/mol. The van der Waals surface area contributed by atoms with Crippen LogP contribution in [0.5, 0.6) is 0 Å². The van der Waals surface area contributed by atoms with Crippen LogP contribution in [0, 0.1) is 0 Å². The molecule has 0 bridgehead atoms. The maximum atomic E-state index is 11.3. The Morgan fingerprint density at radius 2 is 2.50 bits per heavy atom. The summed E-state index contributed by atoms with van der Waals surface area (Å²) in [5.41, 5.74) is -0.195. The molecule has 1 rings (SSSR count).